The fourth-order valence-corrected chi connectivity index (χ4v) is 4.58. The zero-order valence-electron chi connectivity index (χ0n) is 16.4. The van der Waals surface area contributed by atoms with Crippen LogP contribution in [0.2, 0.25) is 0 Å². The lowest BCUT2D eigenvalue weighted by Gasteiger charge is -2.39. The summed E-state index contributed by atoms with van der Waals surface area (Å²) >= 11 is 0. The molecule has 2 aromatic rings. The molecule has 1 N–H and O–H groups in total. The van der Waals surface area contributed by atoms with E-state index in [9.17, 15) is 4.79 Å². The van der Waals surface area contributed by atoms with Gasteiger partial charge in [0.05, 0.1) is 7.11 Å². The minimum absolute atomic E-state index is 0.0110. The van der Waals surface area contributed by atoms with E-state index in [1.54, 1.807) is 13.2 Å². The van der Waals surface area contributed by atoms with Crippen molar-refractivity contribution in [2.45, 2.75) is 50.4 Å². The summed E-state index contributed by atoms with van der Waals surface area (Å²) < 4.78 is 5.25. The number of piperidine rings is 1. The Balaban J connectivity index is 1.31. The van der Waals surface area contributed by atoms with E-state index < -0.39 is 0 Å². The number of fused-ring (bicyclic) bond motifs is 2. The average molecular weight is 377 g/mol. The lowest BCUT2D eigenvalue weighted by Crippen LogP contribution is -2.49. The van der Waals surface area contributed by atoms with Crippen molar-refractivity contribution < 1.29 is 9.53 Å². The molecule has 0 aliphatic carbocycles. The largest absolute Gasteiger partial charge is 0.497 e. The van der Waals surface area contributed by atoms with Gasteiger partial charge < -0.3 is 10.1 Å². The van der Waals surface area contributed by atoms with Gasteiger partial charge in [-0.3, -0.25) is 9.69 Å². The predicted octanol–water partition coefficient (Wildman–Crippen LogP) is 4.02. The minimum atomic E-state index is 0.0110. The van der Waals surface area contributed by atoms with E-state index in [2.05, 4.69) is 22.3 Å². The molecule has 2 aromatic carbocycles. The summed E-state index contributed by atoms with van der Waals surface area (Å²) in [6, 6.07) is 19.7. The molecule has 2 saturated heterocycles. The van der Waals surface area contributed by atoms with Crippen molar-refractivity contribution in [3.05, 3.63) is 71.8 Å². The average Bonchev–Trinajstić information content (AvgIpc) is 2.96. The molecule has 2 atom stereocenters. The van der Waals surface area contributed by atoms with Crippen LogP contribution in [0, 0.1) is 0 Å². The first-order valence-electron chi connectivity index (χ1n) is 10.1. The van der Waals surface area contributed by atoms with Gasteiger partial charge in [0.25, 0.3) is 0 Å². The minimum Gasteiger partial charge on any atom is -0.497 e. The SMILES string of the molecule is COc1ccc(CN2C3CCC2CC(NC(=O)/C=C/c2ccccc2)C3)cc1. The van der Waals surface area contributed by atoms with Gasteiger partial charge in [-0.15, -0.1) is 0 Å². The van der Waals surface area contributed by atoms with Crippen molar-refractivity contribution in [1.82, 2.24) is 10.2 Å². The molecule has 146 valence electrons. The third-order valence-electron chi connectivity index (χ3n) is 5.98. The molecule has 0 aromatic heterocycles. The Kier molecular flexibility index (Phi) is 5.77. The van der Waals surface area contributed by atoms with Gasteiger partial charge in [0.15, 0.2) is 0 Å². The van der Waals surface area contributed by atoms with Crippen molar-refractivity contribution >= 4 is 12.0 Å². The first-order chi connectivity index (χ1) is 13.7. The molecule has 4 nitrogen and oxygen atoms in total. The second-order valence-electron chi connectivity index (χ2n) is 7.83. The smallest absolute Gasteiger partial charge is 0.244 e. The zero-order chi connectivity index (χ0) is 19.3. The van der Waals surface area contributed by atoms with Crippen LogP contribution in [0.1, 0.15) is 36.8 Å². The maximum atomic E-state index is 12.3. The lowest BCUT2D eigenvalue weighted by atomic mass is 9.96. The van der Waals surface area contributed by atoms with E-state index in [0.717, 1.165) is 30.7 Å². The van der Waals surface area contributed by atoms with Crippen molar-refractivity contribution in [2.24, 2.45) is 0 Å². The number of carbonyl (C=O) groups is 1. The van der Waals surface area contributed by atoms with E-state index in [1.165, 1.54) is 18.4 Å². The number of rotatable bonds is 6. The summed E-state index contributed by atoms with van der Waals surface area (Å²) in [5, 5.41) is 3.22. The number of benzene rings is 2. The Morgan fingerprint density at radius 1 is 1.07 bits per heavy atom. The first-order valence-corrected chi connectivity index (χ1v) is 10.1. The molecule has 4 rings (SSSR count). The number of ether oxygens (including phenoxy) is 1. The van der Waals surface area contributed by atoms with Crippen molar-refractivity contribution in [3.8, 4) is 5.75 Å². The molecule has 2 fully saturated rings. The number of hydrogen-bond donors (Lipinski definition) is 1. The van der Waals surface area contributed by atoms with E-state index >= 15 is 0 Å². The van der Waals surface area contributed by atoms with Crippen molar-refractivity contribution in [3.63, 3.8) is 0 Å². The van der Waals surface area contributed by atoms with Crippen molar-refractivity contribution in [1.29, 1.82) is 0 Å². The molecule has 2 aliphatic rings. The summed E-state index contributed by atoms with van der Waals surface area (Å²) in [5.41, 5.74) is 2.37. The van der Waals surface area contributed by atoms with Crippen LogP contribution < -0.4 is 10.1 Å². The van der Waals surface area contributed by atoms with Gasteiger partial charge in [-0.2, -0.15) is 0 Å². The summed E-state index contributed by atoms with van der Waals surface area (Å²) in [4.78, 5) is 15.0. The number of carbonyl (C=O) groups excluding carboxylic acids is 1. The van der Waals surface area contributed by atoms with E-state index in [-0.39, 0.29) is 11.9 Å². The van der Waals surface area contributed by atoms with Crippen LogP contribution in [0.15, 0.2) is 60.7 Å². The molecule has 0 spiro atoms. The van der Waals surface area contributed by atoms with Gasteiger partial charge in [-0.1, -0.05) is 42.5 Å². The predicted molar refractivity (Wildman–Crippen MR) is 112 cm³/mol. The third kappa shape index (κ3) is 4.45. The van der Waals surface area contributed by atoms with Gasteiger partial charge in [0, 0.05) is 30.7 Å². The van der Waals surface area contributed by atoms with Crippen LogP contribution in [-0.2, 0) is 11.3 Å². The highest BCUT2D eigenvalue weighted by molar-refractivity contribution is 5.91. The molecular formula is C24H28N2O2. The molecular weight excluding hydrogens is 348 g/mol. The standard InChI is InChI=1S/C24H28N2O2/c1-28-23-12-7-19(8-13-23)17-26-21-10-11-22(26)16-20(15-21)25-24(27)14-9-18-5-3-2-4-6-18/h2-9,12-14,20-22H,10-11,15-17H2,1H3,(H,25,27)/b14-9+. The Bertz CT molecular complexity index is 802. The molecule has 0 saturated carbocycles. The second-order valence-corrected chi connectivity index (χ2v) is 7.83. The number of nitrogens with zero attached hydrogens (tertiary/aromatic N) is 1. The quantitative estimate of drug-likeness (QED) is 0.774. The van der Waals surface area contributed by atoms with Gasteiger partial charge in [-0.25, -0.2) is 0 Å². The van der Waals surface area contributed by atoms with E-state index in [1.807, 2.05) is 48.5 Å². The Morgan fingerprint density at radius 2 is 1.75 bits per heavy atom. The molecule has 2 unspecified atom stereocenters. The summed E-state index contributed by atoms with van der Waals surface area (Å²) in [6.45, 7) is 0.980. The number of amides is 1. The molecule has 4 heteroatoms. The van der Waals surface area contributed by atoms with Crippen LogP contribution in [0.3, 0.4) is 0 Å². The maximum Gasteiger partial charge on any atom is 0.244 e. The third-order valence-corrected chi connectivity index (χ3v) is 5.98. The van der Waals surface area contributed by atoms with Gasteiger partial charge >= 0.3 is 0 Å². The number of hydrogen-bond acceptors (Lipinski definition) is 3. The Hall–Kier alpha value is -2.59. The normalized spacial score (nSPS) is 24.4. The molecule has 28 heavy (non-hydrogen) atoms. The van der Waals surface area contributed by atoms with Crippen LogP contribution in [0.5, 0.6) is 5.75 Å². The zero-order valence-corrected chi connectivity index (χ0v) is 16.4. The summed E-state index contributed by atoms with van der Waals surface area (Å²) in [7, 11) is 1.70. The second kappa shape index (κ2) is 8.61. The highest BCUT2D eigenvalue weighted by atomic mass is 16.5. The van der Waals surface area contributed by atoms with Crippen LogP contribution in [-0.4, -0.2) is 36.0 Å². The van der Waals surface area contributed by atoms with Crippen LogP contribution >= 0.6 is 0 Å². The molecule has 1 amide bonds. The highest BCUT2D eigenvalue weighted by Crippen LogP contribution is 2.37. The highest BCUT2D eigenvalue weighted by Gasteiger charge is 2.40. The van der Waals surface area contributed by atoms with E-state index in [4.69, 9.17) is 4.74 Å². The fourth-order valence-electron chi connectivity index (χ4n) is 4.58. The first kappa shape index (κ1) is 18.8. The fraction of sp³-hybridized carbons (Fsp3) is 0.375. The monoisotopic (exact) mass is 376 g/mol. The van der Waals surface area contributed by atoms with E-state index in [0.29, 0.717) is 12.1 Å². The lowest BCUT2D eigenvalue weighted by molar-refractivity contribution is -0.117. The molecule has 2 aliphatic heterocycles. The van der Waals surface area contributed by atoms with Gasteiger partial charge in [-0.05, 0) is 55.0 Å². The molecule has 2 heterocycles. The van der Waals surface area contributed by atoms with Gasteiger partial charge in [0.1, 0.15) is 5.75 Å². The maximum absolute atomic E-state index is 12.3. The van der Waals surface area contributed by atoms with Gasteiger partial charge in [0.2, 0.25) is 5.91 Å². The summed E-state index contributed by atoms with van der Waals surface area (Å²) in [5.74, 6) is 0.911. The summed E-state index contributed by atoms with van der Waals surface area (Å²) in [6.07, 6.45) is 8.07. The Labute approximate surface area is 167 Å². The molecule has 2 bridgehead atoms. The van der Waals surface area contributed by atoms with Crippen molar-refractivity contribution in [2.75, 3.05) is 7.11 Å². The van der Waals surface area contributed by atoms with Crippen LogP contribution in [0.25, 0.3) is 6.08 Å². The molecule has 0 radical (unpaired) electrons. The van der Waals surface area contributed by atoms with Crippen LogP contribution in [0.4, 0.5) is 0 Å². The Morgan fingerprint density at radius 3 is 2.39 bits per heavy atom. The number of nitrogens with one attached hydrogen (secondary N) is 1. The topological polar surface area (TPSA) is 41.6 Å². The number of methoxy groups -OCH3 is 1.